The Labute approximate surface area is 147 Å². The van der Waals surface area contributed by atoms with Crippen LogP contribution in [-0.4, -0.2) is 53.4 Å². The standard InChI is InChI=1S/C13H15N3O8S2/c1-6-9(11(17)14-2)15-16(12(6)18)10-7-5-13(7,26(22,23)24)4-3-8(10)25(19,20)21/h3-4,7,15H,5H2,1-2H3,(H,14,17)(H,19,20,21)(H,22,23,24). The number of aromatic nitrogens is 2. The largest absolute Gasteiger partial charge is 0.354 e. The number of H-pyrrole nitrogens is 1. The lowest BCUT2D eigenvalue weighted by Crippen LogP contribution is -2.30. The average Bonchev–Trinajstić information content (AvgIpc) is 3.22. The van der Waals surface area contributed by atoms with Gasteiger partial charge in [0.2, 0.25) is 0 Å². The number of aromatic amines is 1. The predicted octanol–water partition coefficient (Wildman–Crippen LogP) is -0.883. The topological polar surface area (TPSA) is 176 Å². The Morgan fingerprint density at radius 3 is 2.46 bits per heavy atom. The van der Waals surface area contributed by atoms with E-state index in [0.717, 1.165) is 12.2 Å². The van der Waals surface area contributed by atoms with Crippen molar-refractivity contribution in [1.29, 1.82) is 0 Å². The second-order valence-electron chi connectivity index (χ2n) is 6.08. The van der Waals surface area contributed by atoms with Gasteiger partial charge in [-0.3, -0.25) is 23.8 Å². The maximum Gasteiger partial charge on any atom is 0.296 e. The number of carbonyl (C=O) groups excluding carboxylic acids is 1. The molecule has 2 atom stereocenters. The van der Waals surface area contributed by atoms with Crippen LogP contribution < -0.4 is 10.9 Å². The Hall–Kier alpha value is -2.22. The lowest BCUT2D eigenvalue weighted by Gasteiger charge is -2.19. The zero-order valence-electron chi connectivity index (χ0n) is 13.5. The van der Waals surface area contributed by atoms with E-state index < -0.39 is 47.3 Å². The van der Waals surface area contributed by atoms with Crippen LogP contribution in [-0.2, 0) is 20.2 Å². The smallest absolute Gasteiger partial charge is 0.296 e. The first-order chi connectivity index (χ1) is 11.8. The number of hydrogen-bond acceptors (Lipinski definition) is 6. The molecule has 0 aromatic carbocycles. The first-order valence-electron chi connectivity index (χ1n) is 7.27. The zero-order valence-corrected chi connectivity index (χ0v) is 15.2. The molecule has 1 heterocycles. The molecule has 1 saturated carbocycles. The van der Waals surface area contributed by atoms with Crippen molar-refractivity contribution in [2.75, 3.05) is 7.05 Å². The van der Waals surface area contributed by atoms with Gasteiger partial charge in [-0.2, -0.15) is 16.8 Å². The third kappa shape index (κ3) is 2.46. The van der Waals surface area contributed by atoms with Crippen molar-refractivity contribution in [2.45, 2.75) is 18.1 Å². The van der Waals surface area contributed by atoms with Gasteiger partial charge in [0.15, 0.2) is 0 Å². The molecule has 0 aliphatic heterocycles. The number of rotatable bonds is 4. The van der Waals surface area contributed by atoms with E-state index in [0.29, 0.717) is 4.68 Å². The van der Waals surface area contributed by atoms with E-state index in [1.807, 2.05) is 0 Å². The molecule has 2 aliphatic rings. The van der Waals surface area contributed by atoms with Gasteiger partial charge in [0.1, 0.15) is 15.3 Å². The molecule has 2 unspecified atom stereocenters. The van der Waals surface area contributed by atoms with Crippen LogP contribution in [0.1, 0.15) is 22.5 Å². The third-order valence-corrected chi connectivity index (χ3v) is 7.08. The fraction of sp³-hybridized carbons (Fsp3) is 0.385. The molecule has 0 spiro atoms. The quantitative estimate of drug-likeness (QED) is 0.467. The third-order valence-electron chi connectivity index (χ3n) is 4.63. The van der Waals surface area contributed by atoms with E-state index >= 15 is 0 Å². The summed E-state index contributed by atoms with van der Waals surface area (Å²) in [5.41, 5.74) is -1.31. The van der Waals surface area contributed by atoms with Crippen molar-refractivity contribution in [1.82, 2.24) is 15.1 Å². The highest BCUT2D eigenvalue weighted by Gasteiger charge is 2.66. The second kappa shape index (κ2) is 5.39. The zero-order chi connectivity index (χ0) is 19.7. The molecule has 0 radical (unpaired) electrons. The molecule has 1 amide bonds. The van der Waals surface area contributed by atoms with Crippen molar-refractivity contribution in [3.63, 3.8) is 0 Å². The summed E-state index contributed by atoms with van der Waals surface area (Å²) in [6, 6.07) is 0. The van der Waals surface area contributed by atoms with Crippen LogP contribution in [0.3, 0.4) is 0 Å². The highest BCUT2D eigenvalue weighted by molar-refractivity contribution is 7.90. The molecule has 0 saturated heterocycles. The van der Waals surface area contributed by atoms with Gasteiger partial charge < -0.3 is 5.32 Å². The number of nitrogens with zero attached hydrogens (tertiary/aromatic N) is 1. The number of fused-ring (bicyclic) bond motifs is 1. The van der Waals surface area contributed by atoms with E-state index in [9.17, 15) is 35.5 Å². The molecule has 2 aliphatic carbocycles. The van der Waals surface area contributed by atoms with Gasteiger partial charge in [-0.1, -0.05) is 6.08 Å². The molecular weight excluding hydrogens is 390 g/mol. The van der Waals surface area contributed by atoms with E-state index in [1.165, 1.54) is 14.0 Å². The van der Waals surface area contributed by atoms with Gasteiger partial charge >= 0.3 is 0 Å². The summed E-state index contributed by atoms with van der Waals surface area (Å²) in [5.74, 6) is -1.73. The first-order valence-corrected chi connectivity index (χ1v) is 10.1. The second-order valence-corrected chi connectivity index (χ2v) is 9.18. The minimum atomic E-state index is -4.81. The summed E-state index contributed by atoms with van der Waals surface area (Å²) < 4.78 is 64.7. The molecule has 26 heavy (non-hydrogen) atoms. The van der Waals surface area contributed by atoms with Gasteiger partial charge in [-0.15, -0.1) is 0 Å². The molecule has 0 bridgehead atoms. The van der Waals surface area contributed by atoms with Crippen molar-refractivity contribution >= 4 is 31.8 Å². The Kier molecular flexibility index (Phi) is 3.85. The van der Waals surface area contributed by atoms with Gasteiger partial charge in [0, 0.05) is 18.5 Å². The number of nitrogens with one attached hydrogen (secondary N) is 2. The number of allylic oxidation sites excluding steroid dienone is 2. The molecule has 1 fully saturated rings. The SMILES string of the molecule is CNC(=O)c1[nH]n(C2=C(S(=O)(=O)O)C=CC3(S(=O)(=O)O)CC23)c(=O)c1C. The summed E-state index contributed by atoms with van der Waals surface area (Å²) in [6.07, 6.45) is 1.61. The van der Waals surface area contributed by atoms with Crippen molar-refractivity contribution in [3.8, 4) is 0 Å². The minimum Gasteiger partial charge on any atom is -0.354 e. The van der Waals surface area contributed by atoms with Gasteiger partial charge in [-0.05, 0) is 19.4 Å². The fourth-order valence-electron chi connectivity index (χ4n) is 3.14. The molecular formula is C13H15N3O8S2. The number of hydrogen-bond donors (Lipinski definition) is 4. The van der Waals surface area contributed by atoms with Gasteiger partial charge in [0.25, 0.3) is 31.7 Å². The summed E-state index contributed by atoms with van der Waals surface area (Å²) in [4.78, 5) is 23.7. The van der Waals surface area contributed by atoms with Crippen LogP contribution >= 0.6 is 0 Å². The number of carbonyl (C=O) groups is 1. The van der Waals surface area contributed by atoms with Crippen LogP contribution in [0, 0.1) is 12.8 Å². The maximum absolute atomic E-state index is 12.5. The van der Waals surface area contributed by atoms with Crippen LogP contribution in [0.4, 0.5) is 0 Å². The van der Waals surface area contributed by atoms with Crippen molar-refractivity contribution in [3.05, 3.63) is 38.7 Å². The summed E-state index contributed by atoms with van der Waals surface area (Å²) in [6.45, 7) is 1.33. The molecule has 11 nitrogen and oxygen atoms in total. The van der Waals surface area contributed by atoms with Crippen LogP contribution in [0.5, 0.6) is 0 Å². The van der Waals surface area contributed by atoms with Gasteiger partial charge in [-0.25, -0.2) is 4.68 Å². The van der Waals surface area contributed by atoms with E-state index in [2.05, 4.69) is 10.4 Å². The monoisotopic (exact) mass is 405 g/mol. The first kappa shape index (κ1) is 18.6. The highest BCUT2D eigenvalue weighted by atomic mass is 32.2. The molecule has 4 N–H and O–H groups in total. The maximum atomic E-state index is 12.5. The number of amides is 1. The van der Waals surface area contributed by atoms with E-state index in [1.54, 1.807) is 0 Å². The highest BCUT2D eigenvalue weighted by Crippen LogP contribution is 2.59. The van der Waals surface area contributed by atoms with Crippen molar-refractivity contribution < 1.29 is 30.7 Å². The predicted molar refractivity (Wildman–Crippen MR) is 89.5 cm³/mol. The fourth-order valence-corrected chi connectivity index (χ4v) is 4.96. The Morgan fingerprint density at radius 2 is 1.96 bits per heavy atom. The lowest BCUT2D eigenvalue weighted by atomic mass is 10.1. The minimum absolute atomic E-state index is 0.0285. The van der Waals surface area contributed by atoms with Gasteiger partial charge in [0.05, 0.1) is 5.70 Å². The Bertz CT molecular complexity index is 1150. The summed E-state index contributed by atoms with van der Waals surface area (Å²) in [5, 5.41) is 4.75. The molecule has 3 rings (SSSR count). The van der Waals surface area contributed by atoms with Crippen LogP contribution in [0.15, 0.2) is 21.9 Å². The molecule has 142 valence electrons. The normalized spacial score (nSPS) is 25.2. The van der Waals surface area contributed by atoms with E-state index in [4.69, 9.17) is 0 Å². The Balaban J connectivity index is 2.31. The summed E-state index contributed by atoms with van der Waals surface area (Å²) >= 11 is 0. The lowest BCUT2D eigenvalue weighted by molar-refractivity contribution is 0.0957. The van der Waals surface area contributed by atoms with Crippen molar-refractivity contribution in [2.24, 2.45) is 5.92 Å². The van der Waals surface area contributed by atoms with Crippen LogP contribution in [0.2, 0.25) is 0 Å². The molecule has 1 aromatic rings. The van der Waals surface area contributed by atoms with E-state index in [-0.39, 0.29) is 23.4 Å². The van der Waals surface area contributed by atoms with Crippen LogP contribution in [0.25, 0.3) is 5.70 Å². The average molecular weight is 405 g/mol. The Morgan fingerprint density at radius 1 is 1.35 bits per heavy atom. The molecule has 13 heteroatoms. The summed E-state index contributed by atoms with van der Waals surface area (Å²) in [7, 11) is -8.09. The molecule has 1 aromatic heterocycles.